The molecule has 0 radical (unpaired) electrons. The lowest BCUT2D eigenvalue weighted by atomic mass is 10.2. The highest BCUT2D eigenvalue weighted by atomic mass is 35.5. The molecule has 1 fully saturated rings. The summed E-state index contributed by atoms with van der Waals surface area (Å²) in [5.41, 5.74) is 0. The summed E-state index contributed by atoms with van der Waals surface area (Å²) < 4.78 is 11.0. The Morgan fingerprint density at radius 2 is 2.57 bits per heavy atom. The fraction of sp³-hybridized carbons (Fsp3) is 0.500. The van der Waals surface area contributed by atoms with Crippen molar-refractivity contribution in [1.29, 1.82) is 0 Å². The van der Waals surface area contributed by atoms with Gasteiger partial charge in [-0.15, -0.1) is 0 Å². The van der Waals surface area contributed by atoms with Crippen LogP contribution in [0.5, 0.6) is 5.75 Å². The van der Waals surface area contributed by atoms with Crippen molar-refractivity contribution in [3.63, 3.8) is 0 Å². The summed E-state index contributed by atoms with van der Waals surface area (Å²) in [5, 5.41) is 0.454. The SMILES string of the molecule is Clc1cc(OCC2CCCO2)ccn1. The molecular weight excluding hydrogens is 202 g/mol. The standard InChI is InChI=1S/C10H12ClNO2/c11-10-6-8(3-4-12-10)14-7-9-2-1-5-13-9/h3-4,6,9H,1-2,5,7H2. The molecule has 1 aliphatic rings. The molecule has 0 aromatic carbocycles. The summed E-state index contributed by atoms with van der Waals surface area (Å²) in [6.45, 7) is 1.45. The first-order chi connectivity index (χ1) is 6.84. The normalized spacial score (nSPS) is 21.1. The molecule has 1 unspecified atom stereocenters. The first-order valence-corrected chi connectivity index (χ1v) is 5.08. The van der Waals surface area contributed by atoms with Crippen LogP contribution in [0.4, 0.5) is 0 Å². The number of pyridine rings is 1. The van der Waals surface area contributed by atoms with Crippen molar-refractivity contribution in [3.05, 3.63) is 23.5 Å². The van der Waals surface area contributed by atoms with Gasteiger partial charge in [-0.3, -0.25) is 0 Å². The second-order valence-corrected chi connectivity index (χ2v) is 3.65. The van der Waals surface area contributed by atoms with Gasteiger partial charge in [0.1, 0.15) is 17.5 Å². The highest BCUT2D eigenvalue weighted by Gasteiger charge is 2.15. The molecule has 14 heavy (non-hydrogen) atoms. The molecule has 2 heterocycles. The van der Waals surface area contributed by atoms with E-state index in [4.69, 9.17) is 21.1 Å². The molecule has 76 valence electrons. The van der Waals surface area contributed by atoms with E-state index in [1.165, 1.54) is 0 Å². The topological polar surface area (TPSA) is 31.4 Å². The van der Waals surface area contributed by atoms with Gasteiger partial charge in [-0.1, -0.05) is 11.6 Å². The third-order valence-corrected chi connectivity index (χ3v) is 2.36. The van der Waals surface area contributed by atoms with Gasteiger partial charge < -0.3 is 9.47 Å². The molecule has 0 saturated carbocycles. The number of aromatic nitrogens is 1. The molecule has 0 N–H and O–H groups in total. The molecule has 4 heteroatoms. The van der Waals surface area contributed by atoms with Gasteiger partial charge in [0.05, 0.1) is 6.10 Å². The highest BCUT2D eigenvalue weighted by molar-refractivity contribution is 6.29. The Morgan fingerprint density at radius 3 is 3.29 bits per heavy atom. The van der Waals surface area contributed by atoms with Crippen LogP contribution in [0.3, 0.4) is 0 Å². The molecule has 0 amide bonds. The summed E-state index contributed by atoms with van der Waals surface area (Å²) in [7, 11) is 0. The summed E-state index contributed by atoms with van der Waals surface area (Å²) in [6.07, 6.45) is 4.08. The third-order valence-electron chi connectivity index (χ3n) is 2.16. The second-order valence-electron chi connectivity index (χ2n) is 3.26. The monoisotopic (exact) mass is 213 g/mol. The first kappa shape index (κ1) is 9.74. The van der Waals surface area contributed by atoms with Crippen LogP contribution >= 0.6 is 11.6 Å². The van der Waals surface area contributed by atoms with E-state index in [1.807, 2.05) is 0 Å². The van der Waals surface area contributed by atoms with E-state index < -0.39 is 0 Å². The van der Waals surface area contributed by atoms with Crippen LogP contribution in [0.2, 0.25) is 5.15 Å². The van der Waals surface area contributed by atoms with Crippen molar-refractivity contribution in [2.75, 3.05) is 13.2 Å². The number of halogens is 1. The van der Waals surface area contributed by atoms with E-state index in [1.54, 1.807) is 18.3 Å². The summed E-state index contributed by atoms with van der Waals surface area (Å²) in [5.74, 6) is 0.750. The highest BCUT2D eigenvalue weighted by Crippen LogP contribution is 2.17. The molecule has 1 aromatic rings. The molecule has 2 rings (SSSR count). The second kappa shape index (κ2) is 4.62. The largest absolute Gasteiger partial charge is 0.491 e. The van der Waals surface area contributed by atoms with E-state index in [0.29, 0.717) is 11.8 Å². The molecular formula is C10H12ClNO2. The smallest absolute Gasteiger partial charge is 0.132 e. The van der Waals surface area contributed by atoms with Gasteiger partial charge in [-0.2, -0.15) is 0 Å². The fourth-order valence-electron chi connectivity index (χ4n) is 1.44. The van der Waals surface area contributed by atoms with E-state index in [2.05, 4.69) is 4.98 Å². The van der Waals surface area contributed by atoms with Crippen LogP contribution in [-0.2, 0) is 4.74 Å². The summed E-state index contributed by atoms with van der Waals surface area (Å²) in [4.78, 5) is 3.87. The van der Waals surface area contributed by atoms with Gasteiger partial charge in [-0.25, -0.2) is 4.98 Å². The number of nitrogens with zero attached hydrogens (tertiary/aromatic N) is 1. The first-order valence-electron chi connectivity index (χ1n) is 4.70. The Morgan fingerprint density at radius 1 is 1.64 bits per heavy atom. The van der Waals surface area contributed by atoms with Crippen LogP contribution in [0.15, 0.2) is 18.3 Å². The van der Waals surface area contributed by atoms with Crippen LogP contribution < -0.4 is 4.74 Å². The molecule has 0 spiro atoms. The zero-order valence-corrected chi connectivity index (χ0v) is 8.54. The van der Waals surface area contributed by atoms with E-state index in [9.17, 15) is 0 Å². The van der Waals surface area contributed by atoms with Crippen molar-refractivity contribution >= 4 is 11.6 Å². The van der Waals surface area contributed by atoms with Crippen molar-refractivity contribution in [3.8, 4) is 5.75 Å². The van der Waals surface area contributed by atoms with Crippen LogP contribution in [0.25, 0.3) is 0 Å². The Hall–Kier alpha value is -0.800. The average molecular weight is 214 g/mol. The number of hydrogen-bond acceptors (Lipinski definition) is 3. The summed E-state index contributed by atoms with van der Waals surface area (Å²) >= 11 is 5.72. The molecule has 1 saturated heterocycles. The lowest BCUT2D eigenvalue weighted by molar-refractivity contribution is 0.0679. The van der Waals surface area contributed by atoms with Gasteiger partial charge >= 0.3 is 0 Å². The fourth-order valence-corrected chi connectivity index (χ4v) is 1.60. The minimum absolute atomic E-state index is 0.238. The third kappa shape index (κ3) is 2.59. The zero-order valence-electron chi connectivity index (χ0n) is 7.78. The van der Waals surface area contributed by atoms with Crippen LogP contribution in [0, 0.1) is 0 Å². The predicted molar refractivity (Wildman–Crippen MR) is 53.7 cm³/mol. The molecule has 0 bridgehead atoms. The lowest BCUT2D eigenvalue weighted by Gasteiger charge is -2.10. The molecule has 1 aliphatic heterocycles. The van der Waals surface area contributed by atoms with Crippen molar-refractivity contribution in [2.45, 2.75) is 18.9 Å². The Bertz CT molecular complexity index is 300. The van der Waals surface area contributed by atoms with Gasteiger partial charge in [-0.05, 0) is 18.9 Å². The Labute approximate surface area is 88.0 Å². The maximum absolute atomic E-state index is 5.72. The van der Waals surface area contributed by atoms with Crippen molar-refractivity contribution in [2.24, 2.45) is 0 Å². The maximum atomic E-state index is 5.72. The maximum Gasteiger partial charge on any atom is 0.132 e. The molecule has 3 nitrogen and oxygen atoms in total. The molecule has 0 aliphatic carbocycles. The molecule has 1 aromatic heterocycles. The van der Waals surface area contributed by atoms with Crippen molar-refractivity contribution in [1.82, 2.24) is 4.98 Å². The minimum Gasteiger partial charge on any atom is -0.491 e. The number of ether oxygens (including phenoxy) is 2. The summed E-state index contributed by atoms with van der Waals surface area (Å²) in [6, 6.07) is 3.50. The minimum atomic E-state index is 0.238. The average Bonchev–Trinajstić information content (AvgIpc) is 2.67. The molecule has 1 atom stereocenters. The van der Waals surface area contributed by atoms with Crippen LogP contribution in [-0.4, -0.2) is 24.3 Å². The van der Waals surface area contributed by atoms with Gasteiger partial charge in [0.2, 0.25) is 0 Å². The van der Waals surface area contributed by atoms with E-state index in [-0.39, 0.29) is 6.10 Å². The van der Waals surface area contributed by atoms with Crippen LogP contribution in [0.1, 0.15) is 12.8 Å². The number of rotatable bonds is 3. The van der Waals surface area contributed by atoms with E-state index in [0.717, 1.165) is 25.2 Å². The van der Waals surface area contributed by atoms with Gasteiger partial charge in [0.25, 0.3) is 0 Å². The van der Waals surface area contributed by atoms with E-state index >= 15 is 0 Å². The number of hydrogen-bond donors (Lipinski definition) is 0. The van der Waals surface area contributed by atoms with Crippen molar-refractivity contribution < 1.29 is 9.47 Å². The Kier molecular flexibility index (Phi) is 3.22. The predicted octanol–water partition coefficient (Wildman–Crippen LogP) is 2.29. The Balaban J connectivity index is 1.85. The lowest BCUT2D eigenvalue weighted by Crippen LogP contribution is -2.16. The quantitative estimate of drug-likeness (QED) is 0.722. The van der Waals surface area contributed by atoms with Gasteiger partial charge in [0.15, 0.2) is 0 Å². The zero-order chi connectivity index (χ0) is 9.80. The van der Waals surface area contributed by atoms with Gasteiger partial charge in [0, 0.05) is 18.9 Å².